The van der Waals surface area contributed by atoms with Crippen molar-refractivity contribution in [2.75, 3.05) is 6.54 Å². The van der Waals surface area contributed by atoms with Crippen LogP contribution >= 0.6 is 0 Å². The average molecular weight is 159 g/mol. The summed E-state index contributed by atoms with van der Waals surface area (Å²) in [5.41, 5.74) is 0. The van der Waals surface area contributed by atoms with Crippen molar-refractivity contribution in [1.82, 2.24) is 4.90 Å². The number of carboxylic acids is 2. The molecule has 0 radical (unpaired) electrons. The standard InChI is InChI=1S/C6H9NO4/c1-2-7-3(5(8)9)4(7)6(10)11/h3-4H,2H2,1H3,(H,8,9)(H,10,11)/t3-,4-/m0/s1. The number of carboxylic acid groups (broad SMARTS) is 2. The topological polar surface area (TPSA) is 77.6 Å². The Balaban J connectivity index is 2.59. The summed E-state index contributed by atoms with van der Waals surface area (Å²) in [7, 11) is 0. The van der Waals surface area contributed by atoms with Crippen LogP contribution < -0.4 is 0 Å². The predicted octanol–water partition coefficient (Wildman–Crippen LogP) is -0.772. The summed E-state index contributed by atoms with van der Waals surface area (Å²) in [4.78, 5) is 22.1. The molecule has 0 saturated carbocycles. The van der Waals surface area contributed by atoms with Gasteiger partial charge in [-0.25, -0.2) is 0 Å². The SMILES string of the molecule is CCN1[C@H](C(=O)O)[C@H]1C(=O)O. The number of aliphatic carboxylic acids is 2. The molecular weight excluding hydrogens is 150 g/mol. The minimum atomic E-state index is -1.06. The van der Waals surface area contributed by atoms with Crippen molar-refractivity contribution in [3.05, 3.63) is 0 Å². The molecule has 1 fully saturated rings. The lowest BCUT2D eigenvalue weighted by Gasteiger charge is -1.91. The van der Waals surface area contributed by atoms with Crippen LogP contribution in [0.1, 0.15) is 6.92 Å². The highest BCUT2D eigenvalue weighted by Gasteiger charge is 2.56. The van der Waals surface area contributed by atoms with Crippen molar-refractivity contribution in [1.29, 1.82) is 0 Å². The molecule has 1 heterocycles. The van der Waals surface area contributed by atoms with E-state index in [2.05, 4.69) is 0 Å². The Labute approximate surface area is 63.2 Å². The molecule has 0 aromatic heterocycles. The third-order valence-corrected chi connectivity index (χ3v) is 1.80. The molecular formula is C6H9NO4. The van der Waals surface area contributed by atoms with Gasteiger partial charge in [-0.3, -0.25) is 14.5 Å². The van der Waals surface area contributed by atoms with Crippen LogP contribution in [0.5, 0.6) is 0 Å². The molecule has 0 aromatic rings. The molecule has 1 saturated heterocycles. The van der Waals surface area contributed by atoms with Gasteiger partial charge in [0.1, 0.15) is 12.1 Å². The lowest BCUT2D eigenvalue weighted by Crippen LogP contribution is -2.14. The van der Waals surface area contributed by atoms with E-state index >= 15 is 0 Å². The molecule has 0 aromatic carbocycles. The zero-order valence-electron chi connectivity index (χ0n) is 6.02. The lowest BCUT2D eigenvalue weighted by atomic mass is 10.3. The van der Waals surface area contributed by atoms with E-state index in [1.165, 1.54) is 4.90 Å². The molecule has 5 nitrogen and oxygen atoms in total. The zero-order chi connectivity index (χ0) is 8.59. The molecule has 0 unspecified atom stereocenters. The van der Waals surface area contributed by atoms with Gasteiger partial charge in [0.2, 0.25) is 0 Å². The third kappa shape index (κ3) is 1.19. The van der Waals surface area contributed by atoms with Crippen LogP contribution in [0.2, 0.25) is 0 Å². The van der Waals surface area contributed by atoms with Gasteiger partial charge in [-0.1, -0.05) is 6.92 Å². The first-order chi connectivity index (χ1) is 5.09. The van der Waals surface area contributed by atoms with Crippen molar-refractivity contribution in [3.63, 3.8) is 0 Å². The number of nitrogens with zero attached hydrogens (tertiary/aromatic N) is 1. The summed E-state index contributed by atoms with van der Waals surface area (Å²) >= 11 is 0. The van der Waals surface area contributed by atoms with Crippen LogP contribution in [-0.2, 0) is 9.59 Å². The second-order valence-electron chi connectivity index (χ2n) is 2.40. The normalized spacial score (nSPS) is 34.8. The maximum absolute atomic E-state index is 10.3. The molecule has 1 rings (SSSR count). The molecule has 5 heteroatoms. The summed E-state index contributed by atoms with van der Waals surface area (Å²) in [5, 5.41) is 16.9. The van der Waals surface area contributed by atoms with Gasteiger partial charge in [0, 0.05) is 0 Å². The zero-order valence-corrected chi connectivity index (χ0v) is 6.02. The van der Waals surface area contributed by atoms with E-state index in [1.54, 1.807) is 6.92 Å². The van der Waals surface area contributed by atoms with Crippen LogP contribution in [0.3, 0.4) is 0 Å². The van der Waals surface area contributed by atoms with E-state index in [0.717, 1.165) is 0 Å². The highest BCUT2D eigenvalue weighted by atomic mass is 16.4. The van der Waals surface area contributed by atoms with Gasteiger partial charge in [0.25, 0.3) is 0 Å². The second kappa shape index (κ2) is 2.50. The summed E-state index contributed by atoms with van der Waals surface area (Å²) in [6.45, 7) is 2.20. The van der Waals surface area contributed by atoms with Crippen LogP contribution in [0, 0.1) is 0 Å². The molecule has 0 bridgehead atoms. The van der Waals surface area contributed by atoms with Crippen LogP contribution in [0.4, 0.5) is 0 Å². The summed E-state index contributed by atoms with van der Waals surface area (Å²) < 4.78 is 0. The third-order valence-electron chi connectivity index (χ3n) is 1.80. The van der Waals surface area contributed by atoms with Gasteiger partial charge in [-0.15, -0.1) is 0 Å². The number of hydrogen-bond acceptors (Lipinski definition) is 3. The molecule has 0 spiro atoms. The Bertz CT molecular complexity index is 183. The van der Waals surface area contributed by atoms with Crippen molar-refractivity contribution in [2.24, 2.45) is 0 Å². The molecule has 0 amide bonds. The maximum atomic E-state index is 10.3. The lowest BCUT2D eigenvalue weighted by molar-refractivity contribution is -0.140. The first-order valence-electron chi connectivity index (χ1n) is 3.31. The summed E-state index contributed by atoms with van der Waals surface area (Å²) in [6, 6.07) is -1.62. The maximum Gasteiger partial charge on any atom is 0.323 e. The molecule has 11 heavy (non-hydrogen) atoms. The minimum absolute atomic E-state index is 0.466. The van der Waals surface area contributed by atoms with Crippen LogP contribution in [0.15, 0.2) is 0 Å². The van der Waals surface area contributed by atoms with Crippen LogP contribution in [0.25, 0.3) is 0 Å². The molecule has 62 valence electrons. The second-order valence-corrected chi connectivity index (χ2v) is 2.40. The van der Waals surface area contributed by atoms with Gasteiger partial charge in [-0.05, 0) is 6.54 Å². The smallest absolute Gasteiger partial charge is 0.323 e. The average Bonchev–Trinajstić information content (AvgIpc) is 2.59. The largest absolute Gasteiger partial charge is 0.480 e. The molecule has 0 aliphatic carbocycles. The number of hydrogen-bond donors (Lipinski definition) is 2. The van der Waals surface area contributed by atoms with E-state index in [0.29, 0.717) is 6.54 Å². The Morgan fingerprint density at radius 1 is 1.27 bits per heavy atom. The quantitative estimate of drug-likeness (QED) is 0.528. The summed E-state index contributed by atoms with van der Waals surface area (Å²) in [6.07, 6.45) is 0. The highest BCUT2D eigenvalue weighted by Crippen LogP contribution is 2.27. The van der Waals surface area contributed by atoms with E-state index in [-0.39, 0.29) is 0 Å². The van der Waals surface area contributed by atoms with Crippen molar-refractivity contribution >= 4 is 11.9 Å². The van der Waals surface area contributed by atoms with Gasteiger partial charge >= 0.3 is 11.9 Å². The predicted molar refractivity (Wildman–Crippen MR) is 35.2 cm³/mol. The highest BCUT2D eigenvalue weighted by molar-refractivity contribution is 5.91. The molecule has 2 atom stereocenters. The van der Waals surface area contributed by atoms with E-state index in [9.17, 15) is 9.59 Å². The minimum Gasteiger partial charge on any atom is -0.480 e. The fraction of sp³-hybridized carbons (Fsp3) is 0.667. The van der Waals surface area contributed by atoms with Gasteiger partial charge in [0.05, 0.1) is 0 Å². The van der Waals surface area contributed by atoms with E-state index in [4.69, 9.17) is 10.2 Å². The van der Waals surface area contributed by atoms with Crippen LogP contribution in [-0.4, -0.2) is 45.7 Å². The van der Waals surface area contributed by atoms with Gasteiger partial charge < -0.3 is 10.2 Å². The Morgan fingerprint density at radius 2 is 1.64 bits per heavy atom. The Hall–Kier alpha value is -1.10. The fourth-order valence-corrected chi connectivity index (χ4v) is 1.22. The first kappa shape index (κ1) is 8.00. The number of likely N-dealkylation sites (N-methyl/N-ethyl adjacent to an activating group) is 1. The molecule has 1 aliphatic rings. The van der Waals surface area contributed by atoms with Crippen molar-refractivity contribution < 1.29 is 19.8 Å². The first-order valence-corrected chi connectivity index (χ1v) is 3.31. The summed E-state index contributed by atoms with van der Waals surface area (Å²) in [5.74, 6) is -2.11. The van der Waals surface area contributed by atoms with Crippen molar-refractivity contribution in [3.8, 4) is 0 Å². The number of carbonyl (C=O) groups is 2. The van der Waals surface area contributed by atoms with Gasteiger partial charge in [-0.2, -0.15) is 0 Å². The Kier molecular flexibility index (Phi) is 1.82. The van der Waals surface area contributed by atoms with Crippen molar-refractivity contribution in [2.45, 2.75) is 19.0 Å². The number of rotatable bonds is 3. The molecule has 2 N–H and O–H groups in total. The monoisotopic (exact) mass is 159 g/mol. The van der Waals surface area contributed by atoms with E-state index in [1.807, 2.05) is 0 Å². The molecule has 1 aliphatic heterocycles. The fourth-order valence-electron chi connectivity index (χ4n) is 1.22. The van der Waals surface area contributed by atoms with Gasteiger partial charge in [0.15, 0.2) is 0 Å². The van der Waals surface area contributed by atoms with E-state index < -0.39 is 24.0 Å². The Morgan fingerprint density at radius 3 is 1.73 bits per heavy atom.